The van der Waals surface area contributed by atoms with E-state index >= 15 is 0 Å². The van der Waals surface area contributed by atoms with Crippen LogP contribution in [0.25, 0.3) is 0 Å². The molecule has 1 aliphatic carbocycles. The first-order valence-electron chi connectivity index (χ1n) is 10.3. The van der Waals surface area contributed by atoms with Crippen molar-refractivity contribution < 1.29 is 33.3 Å². The Morgan fingerprint density at radius 1 is 1.14 bits per heavy atom. The molecular weight excluding hydrogens is 364 g/mol. The van der Waals surface area contributed by atoms with Crippen LogP contribution in [0.5, 0.6) is 0 Å². The van der Waals surface area contributed by atoms with Crippen LogP contribution in [0.1, 0.15) is 59.3 Å². The highest BCUT2D eigenvalue weighted by atomic mass is 16.8. The van der Waals surface area contributed by atoms with Crippen LogP contribution < -0.4 is 0 Å². The molecule has 28 heavy (non-hydrogen) atoms. The van der Waals surface area contributed by atoms with E-state index in [1.165, 1.54) is 20.3 Å². The topological polar surface area (TPSA) is 80.3 Å². The molecule has 0 amide bonds. The molecule has 6 atom stereocenters. The van der Waals surface area contributed by atoms with Crippen LogP contribution in [0.15, 0.2) is 12.7 Å². The first-order chi connectivity index (χ1) is 13.3. The quantitative estimate of drug-likeness (QED) is 0.504. The van der Waals surface area contributed by atoms with Crippen molar-refractivity contribution in [2.24, 2.45) is 5.92 Å². The van der Waals surface area contributed by atoms with Crippen LogP contribution in [0.3, 0.4) is 0 Å². The normalized spacial score (nSPS) is 35.0. The van der Waals surface area contributed by atoms with Gasteiger partial charge in [0, 0.05) is 32.6 Å². The van der Waals surface area contributed by atoms with Crippen LogP contribution in [0, 0.1) is 5.92 Å². The van der Waals surface area contributed by atoms with Crippen molar-refractivity contribution in [2.75, 3.05) is 6.61 Å². The molecule has 0 aromatic rings. The maximum atomic E-state index is 11.7. The molecule has 2 aliphatic heterocycles. The van der Waals surface area contributed by atoms with Crippen molar-refractivity contribution in [3.05, 3.63) is 12.7 Å². The Kier molecular flexibility index (Phi) is 6.78. The zero-order valence-electron chi connectivity index (χ0n) is 17.1. The van der Waals surface area contributed by atoms with Gasteiger partial charge in [0.2, 0.25) is 0 Å². The van der Waals surface area contributed by atoms with E-state index in [1.54, 1.807) is 0 Å². The molecule has 3 aliphatic rings. The van der Waals surface area contributed by atoms with Gasteiger partial charge in [-0.1, -0.05) is 19.4 Å². The molecule has 0 N–H and O–H groups in total. The van der Waals surface area contributed by atoms with Crippen LogP contribution in [-0.4, -0.2) is 54.9 Å². The maximum Gasteiger partial charge on any atom is 0.303 e. The first-order valence-corrected chi connectivity index (χ1v) is 10.3. The van der Waals surface area contributed by atoms with Crippen LogP contribution in [0.4, 0.5) is 0 Å². The fraction of sp³-hybridized carbons (Fsp3) is 0.810. The zero-order valence-corrected chi connectivity index (χ0v) is 17.1. The molecule has 3 rings (SSSR count). The lowest BCUT2D eigenvalue weighted by molar-refractivity contribution is -0.218. The summed E-state index contributed by atoms with van der Waals surface area (Å²) in [7, 11) is 0. The predicted molar refractivity (Wildman–Crippen MR) is 100 cm³/mol. The summed E-state index contributed by atoms with van der Waals surface area (Å²) in [6.07, 6.45) is 5.48. The van der Waals surface area contributed by atoms with Gasteiger partial charge in [-0.3, -0.25) is 9.59 Å². The van der Waals surface area contributed by atoms with Crippen molar-refractivity contribution in [1.82, 2.24) is 0 Å². The Hall–Kier alpha value is -1.44. The monoisotopic (exact) mass is 396 g/mol. The van der Waals surface area contributed by atoms with Crippen molar-refractivity contribution in [1.29, 1.82) is 0 Å². The Morgan fingerprint density at radius 2 is 1.82 bits per heavy atom. The van der Waals surface area contributed by atoms with Crippen molar-refractivity contribution >= 4 is 11.9 Å². The van der Waals surface area contributed by atoms with Gasteiger partial charge in [-0.05, 0) is 19.3 Å². The molecule has 7 heteroatoms. The second-order valence-corrected chi connectivity index (χ2v) is 8.11. The summed E-state index contributed by atoms with van der Waals surface area (Å²) in [4.78, 5) is 23.0. The summed E-state index contributed by atoms with van der Waals surface area (Å²) in [5.74, 6) is -1.38. The fourth-order valence-electron chi connectivity index (χ4n) is 4.60. The number of carbonyl (C=O) groups is 2. The van der Waals surface area contributed by atoms with Crippen molar-refractivity contribution in [3.8, 4) is 0 Å². The van der Waals surface area contributed by atoms with Gasteiger partial charge in [0.25, 0.3) is 0 Å². The van der Waals surface area contributed by atoms with Gasteiger partial charge in [0.15, 0.2) is 11.9 Å². The van der Waals surface area contributed by atoms with E-state index in [4.69, 9.17) is 23.7 Å². The minimum atomic E-state index is -0.754. The summed E-state index contributed by atoms with van der Waals surface area (Å²) in [6, 6.07) is 0. The lowest BCUT2D eigenvalue weighted by Gasteiger charge is -2.43. The number of carbonyl (C=O) groups excluding carboxylic acids is 2. The van der Waals surface area contributed by atoms with E-state index in [2.05, 4.69) is 13.5 Å². The Bertz CT molecular complexity index is 583. The molecule has 4 unspecified atom stereocenters. The van der Waals surface area contributed by atoms with Crippen molar-refractivity contribution in [2.45, 2.75) is 95.6 Å². The molecule has 1 spiro atoms. The summed E-state index contributed by atoms with van der Waals surface area (Å²) >= 11 is 0. The number of ether oxygens (including phenoxy) is 5. The second-order valence-electron chi connectivity index (χ2n) is 8.11. The van der Waals surface area contributed by atoms with Gasteiger partial charge in [0.1, 0.15) is 18.8 Å². The number of fused-ring (bicyclic) bond motifs is 1. The third kappa shape index (κ3) is 4.58. The number of hydrogen-bond donors (Lipinski definition) is 0. The van der Waals surface area contributed by atoms with Crippen LogP contribution in [-0.2, 0) is 33.3 Å². The zero-order chi connectivity index (χ0) is 20.3. The Labute approximate surface area is 166 Å². The smallest absolute Gasteiger partial charge is 0.303 e. The molecule has 0 radical (unpaired) electrons. The average molecular weight is 396 g/mol. The molecule has 0 aromatic heterocycles. The minimum absolute atomic E-state index is 0.0750. The maximum absolute atomic E-state index is 11.7. The third-order valence-corrected chi connectivity index (χ3v) is 5.93. The van der Waals surface area contributed by atoms with Gasteiger partial charge in [-0.15, -0.1) is 6.58 Å². The minimum Gasteiger partial charge on any atom is -0.462 e. The Balaban J connectivity index is 1.86. The molecule has 158 valence electrons. The van der Waals surface area contributed by atoms with Crippen molar-refractivity contribution in [3.63, 3.8) is 0 Å². The van der Waals surface area contributed by atoms with E-state index in [-0.39, 0.29) is 30.8 Å². The summed E-state index contributed by atoms with van der Waals surface area (Å²) in [6.45, 7) is 8.51. The summed E-state index contributed by atoms with van der Waals surface area (Å²) in [5.41, 5.74) is 0. The highest BCUT2D eigenvalue weighted by Gasteiger charge is 2.58. The molecule has 1 saturated carbocycles. The molecular formula is C21H32O7. The predicted octanol–water partition coefficient (Wildman–Crippen LogP) is 2.91. The van der Waals surface area contributed by atoms with Gasteiger partial charge in [0.05, 0.1) is 12.2 Å². The second kappa shape index (κ2) is 8.93. The number of esters is 2. The van der Waals surface area contributed by atoms with E-state index in [0.717, 1.165) is 25.7 Å². The van der Waals surface area contributed by atoms with Crippen LogP contribution in [0.2, 0.25) is 0 Å². The standard InChI is InChI=1S/C21H32O7/c1-5-9-16-13(2)18-20(28-21(27-18)10-7-6-8-11-21)19(26-16)17(25-15(4)23)12-24-14(3)22/h5,13,16-20H,1,6-12H2,2-4H3/t13?,16?,17-,18?,19+,20?/m1/s1. The third-order valence-electron chi connectivity index (χ3n) is 5.93. The van der Waals surface area contributed by atoms with E-state index in [1.807, 2.05) is 6.08 Å². The molecule has 7 nitrogen and oxygen atoms in total. The van der Waals surface area contributed by atoms with E-state index in [0.29, 0.717) is 6.42 Å². The first kappa shape index (κ1) is 21.3. The molecule has 3 fully saturated rings. The average Bonchev–Trinajstić information content (AvgIpc) is 3.00. The highest BCUT2D eigenvalue weighted by Crippen LogP contribution is 2.47. The van der Waals surface area contributed by atoms with E-state index < -0.39 is 29.9 Å². The Morgan fingerprint density at radius 3 is 2.43 bits per heavy atom. The van der Waals surface area contributed by atoms with Gasteiger partial charge < -0.3 is 23.7 Å². The summed E-state index contributed by atoms with van der Waals surface area (Å²) in [5, 5.41) is 0. The molecule has 0 bridgehead atoms. The van der Waals surface area contributed by atoms with Gasteiger partial charge in [-0.2, -0.15) is 0 Å². The lowest BCUT2D eigenvalue weighted by Crippen LogP contribution is -2.57. The van der Waals surface area contributed by atoms with Gasteiger partial charge in [-0.25, -0.2) is 0 Å². The summed E-state index contributed by atoms with van der Waals surface area (Å²) < 4.78 is 30.0. The SMILES string of the molecule is C=CCC1O[C@@H]([C@@H](COC(C)=O)OC(C)=O)C2OC3(CCCCC3)OC2C1C. The number of hydrogen-bond acceptors (Lipinski definition) is 7. The van der Waals surface area contributed by atoms with Gasteiger partial charge >= 0.3 is 11.9 Å². The fourth-order valence-corrected chi connectivity index (χ4v) is 4.60. The van der Waals surface area contributed by atoms with Crippen LogP contribution >= 0.6 is 0 Å². The molecule has 2 saturated heterocycles. The lowest BCUT2D eigenvalue weighted by atomic mass is 9.85. The largest absolute Gasteiger partial charge is 0.462 e. The molecule has 0 aromatic carbocycles. The van der Waals surface area contributed by atoms with E-state index in [9.17, 15) is 9.59 Å². The number of rotatable bonds is 6. The molecule has 2 heterocycles. The highest BCUT2D eigenvalue weighted by molar-refractivity contribution is 5.67.